The monoisotopic (exact) mass is 214 g/mol. The molecule has 1 aromatic rings. The Morgan fingerprint density at radius 2 is 2.20 bits per heavy atom. The van der Waals surface area contributed by atoms with Crippen LogP contribution in [0.15, 0.2) is 18.2 Å². The molecular weight excluding hydrogens is 210 g/mol. The van der Waals surface area contributed by atoms with Gasteiger partial charge in [0.2, 0.25) is 0 Å². The second kappa shape index (κ2) is 4.32. The van der Waals surface area contributed by atoms with Crippen LogP contribution in [-0.4, -0.2) is 11.5 Å². The molecule has 0 aliphatic rings. The molecule has 0 bridgehead atoms. The maximum absolute atomic E-state index is 11.8. The number of hydrogen-bond donors (Lipinski definition) is 0. The van der Waals surface area contributed by atoms with Crippen molar-refractivity contribution < 1.29 is 18.4 Å². The fourth-order valence-corrected chi connectivity index (χ4v) is 0.918. The third kappa shape index (κ3) is 2.60. The molecule has 0 saturated heterocycles. The summed E-state index contributed by atoms with van der Waals surface area (Å²) < 4.78 is 27.7. The van der Waals surface area contributed by atoms with Crippen molar-refractivity contribution in [2.45, 2.75) is 6.61 Å². The highest BCUT2D eigenvalue weighted by Crippen LogP contribution is 2.24. The van der Waals surface area contributed by atoms with Crippen LogP contribution in [0.3, 0.4) is 0 Å². The summed E-state index contributed by atoms with van der Waals surface area (Å²) >= 11 is 0. The van der Waals surface area contributed by atoms with Crippen molar-refractivity contribution in [3.63, 3.8) is 0 Å². The van der Waals surface area contributed by atoms with Crippen molar-refractivity contribution in [2.75, 3.05) is 0 Å². The number of alkyl halides is 2. The number of nitrogens with zero attached hydrogens (tertiary/aromatic N) is 2. The second-order valence-electron chi connectivity index (χ2n) is 2.43. The Morgan fingerprint density at radius 1 is 1.53 bits per heavy atom. The first kappa shape index (κ1) is 10.8. The Bertz CT molecular complexity index is 428. The first-order valence-corrected chi connectivity index (χ1v) is 3.68. The van der Waals surface area contributed by atoms with E-state index in [-0.39, 0.29) is 17.0 Å². The van der Waals surface area contributed by atoms with Crippen LogP contribution in [0.4, 0.5) is 14.5 Å². The molecule has 1 rings (SSSR count). The van der Waals surface area contributed by atoms with E-state index in [1.807, 2.05) is 0 Å². The minimum absolute atomic E-state index is 0.301. The molecule has 5 nitrogen and oxygen atoms in total. The van der Waals surface area contributed by atoms with Crippen LogP contribution < -0.4 is 4.74 Å². The Labute approximate surface area is 82.7 Å². The molecule has 0 N–H and O–H groups in total. The zero-order valence-electron chi connectivity index (χ0n) is 7.18. The molecule has 15 heavy (non-hydrogen) atoms. The van der Waals surface area contributed by atoms with E-state index in [1.165, 1.54) is 6.07 Å². The van der Waals surface area contributed by atoms with E-state index in [4.69, 9.17) is 5.26 Å². The molecule has 0 aromatic heterocycles. The highest BCUT2D eigenvalue weighted by molar-refractivity contribution is 5.50. The fraction of sp³-hybridized carbons (Fsp3) is 0.125. The standard InChI is InChI=1S/C8H4F2N2O3/c9-8(10)15-7-2-1-6(12(13)14)3-5(7)4-11/h1-3,8H. The Morgan fingerprint density at radius 3 is 2.67 bits per heavy atom. The van der Waals surface area contributed by atoms with E-state index in [1.54, 1.807) is 0 Å². The zero-order valence-corrected chi connectivity index (χ0v) is 7.18. The Hall–Kier alpha value is -2.23. The van der Waals surface area contributed by atoms with Crippen molar-refractivity contribution in [1.29, 1.82) is 5.26 Å². The molecule has 0 saturated carbocycles. The highest BCUT2D eigenvalue weighted by atomic mass is 19.3. The maximum atomic E-state index is 11.8. The predicted molar refractivity (Wildman–Crippen MR) is 44.4 cm³/mol. The van der Waals surface area contributed by atoms with Crippen LogP contribution in [-0.2, 0) is 0 Å². The molecule has 0 atom stereocenters. The van der Waals surface area contributed by atoms with E-state index in [0.717, 1.165) is 18.2 Å². The average molecular weight is 214 g/mol. The van der Waals surface area contributed by atoms with Crippen LogP contribution in [0.1, 0.15) is 5.56 Å². The first-order chi connectivity index (χ1) is 7.04. The lowest BCUT2D eigenvalue weighted by molar-refractivity contribution is -0.384. The molecule has 0 fully saturated rings. The predicted octanol–water partition coefficient (Wildman–Crippen LogP) is 2.07. The van der Waals surface area contributed by atoms with Gasteiger partial charge in [-0.1, -0.05) is 0 Å². The minimum Gasteiger partial charge on any atom is -0.433 e. The summed E-state index contributed by atoms with van der Waals surface area (Å²) in [6.45, 7) is -3.07. The van der Waals surface area contributed by atoms with Gasteiger partial charge in [-0.2, -0.15) is 14.0 Å². The molecule has 0 amide bonds. The fourth-order valence-electron chi connectivity index (χ4n) is 0.918. The lowest BCUT2D eigenvalue weighted by Crippen LogP contribution is -2.03. The van der Waals surface area contributed by atoms with Crippen LogP contribution in [0, 0.1) is 21.4 Å². The number of nitro groups is 1. The minimum atomic E-state index is -3.07. The lowest BCUT2D eigenvalue weighted by Gasteiger charge is -2.05. The highest BCUT2D eigenvalue weighted by Gasteiger charge is 2.14. The number of rotatable bonds is 3. The number of benzene rings is 1. The third-order valence-electron chi connectivity index (χ3n) is 1.51. The van der Waals surface area contributed by atoms with Gasteiger partial charge in [0.1, 0.15) is 17.4 Å². The molecule has 0 heterocycles. The Balaban J connectivity index is 3.11. The molecule has 0 unspecified atom stereocenters. The van der Waals surface area contributed by atoms with Crippen molar-refractivity contribution >= 4 is 5.69 Å². The summed E-state index contributed by atoms with van der Waals surface area (Å²) in [4.78, 5) is 9.58. The lowest BCUT2D eigenvalue weighted by atomic mass is 10.2. The van der Waals surface area contributed by atoms with E-state index in [2.05, 4.69) is 4.74 Å². The average Bonchev–Trinajstić information content (AvgIpc) is 2.17. The third-order valence-corrected chi connectivity index (χ3v) is 1.51. The van der Waals surface area contributed by atoms with Gasteiger partial charge in [0, 0.05) is 12.1 Å². The van der Waals surface area contributed by atoms with Crippen molar-refractivity contribution in [3.05, 3.63) is 33.9 Å². The van der Waals surface area contributed by atoms with Gasteiger partial charge in [0.25, 0.3) is 5.69 Å². The Kier molecular flexibility index (Phi) is 3.13. The van der Waals surface area contributed by atoms with E-state index in [0.29, 0.717) is 0 Å². The quantitative estimate of drug-likeness (QED) is 0.570. The van der Waals surface area contributed by atoms with Crippen molar-refractivity contribution in [1.82, 2.24) is 0 Å². The van der Waals surface area contributed by atoms with Gasteiger partial charge in [-0.05, 0) is 6.07 Å². The number of hydrogen-bond acceptors (Lipinski definition) is 4. The van der Waals surface area contributed by atoms with Crippen LogP contribution in [0.5, 0.6) is 5.75 Å². The number of nitriles is 1. The molecule has 1 aromatic carbocycles. The van der Waals surface area contributed by atoms with Crippen molar-refractivity contribution in [2.24, 2.45) is 0 Å². The normalized spacial score (nSPS) is 9.73. The van der Waals surface area contributed by atoms with Crippen molar-refractivity contribution in [3.8, 4) is 11.8 Å². The maximum Gasteiger partial charge on any atom is 0.387 e. The molecule has 0 aliphatic carbocycles. The van der Waals surface area contributed by atoms with Gasteiger partial charge >= 0.3 is 6.61 Å². The molecule has 0 spiro atoms. The summed E-state index contributed by atoms with van der Waals surface area (Å²) in [7, 11) is 0. The van der Waals surface area contributed by atoms with Gasteiger partial charge in [-0.25, -0.2) is 0 Å². The molecular formula is C8H4F2N2O3. The number of nitro benzene ring substituents is 1. The molecule has 78 valence electrons. The smallest absolute Gasteiger partial charge is 0.387 e. The summed E-state index contributed by atoms with van der Waals surface area (Å²) in [5.41, 5.74) is -0.655. The summed E-state index contributed by atoms with van der Waals surface area (Å²) in [6, 6.07) is 4.35. The summed E-state index contributed by atoms with van der Waals surface area (Å²) in [5, 5.41) is 18.8. The summed E-state index contributed by atoms with van der Waals surface area (Å²) in [6.07, 6.45) is 0. The first-order valence-electron chi connectivity index (χ1n) is 3.68. The van der Waals surface area contributed by atoms with Gasteiger partial charge in [-0.15, -0.1) is 0 Å². The van der Waals surface area contributed by atoms with Gasteiger partial charge in [0.05, 0.1) is 4.92 Å². The van der Waals surface area contributed by atoms with Crippen LogP contribution in [0.2, 0.25) is 0 Å². The SMILES string of the molecule is N#Cc1cc([N+](=O)[O-])ccc1OC(F)F. The van der Waals surface area contributed by atoms with Gasteiger partial charge in [-0.3, -0.25) is 10.1 Å². The molecule has 0 radical (unpaired) electrons. The zero-order chi connectivity index (χ0) is 11.4. The number of non-ortho nitro benzene ring substituents is 1. The van der Waals surface area contributed by atoms with E-state index < -0.39 is 11.5 Å². The van der Waals surface area contributed by atoms with Gasteiger partial charge < -0.3 is 4.74 Å². The largest absolute Gasteiger partial charge is 0.433 e. The van der Waals surface area contributed by atoms with Crippen LogP contribution in [0.25, 0.3) is 0 Å². The van der Waals surface area contributed by atoms with Crippen LogP contribution >= 0.6 is 0 Å². The van der Waals surface area contributed by atoms with Gasteiger partial charge in [0.15, 0.2) is 0 Å². The summed E-state index contributed by atoms with van der Waals surface area (Å²) in [5.74, 6) is -0.377. The number of ether oxygens (including phenoxy) is 1. The van der Waals surface area contributed by atoms with E-state index in [9.17, 15) is 18.9 Å². The second-order valence-corrected chi connectivity index (χ2v) is 2.43. The number of halogens is 2. The topological polar surface area (TPSA) is 76.2 Å². The van der Waals surface area contributed by atoms with E-state index >= 15 is 0 Å². The molecule has 0 aliphatic heterocycles. The molecule has 7 heteroatoms.